The van der Waals surface area contributed by atoms with Gasteiger partial charge in [-0.2, -0.15) is 0 Å². The number of pyridine rings is 1. The number of rotatable bonds is 5. The molecule has 0 unspecified atom stereocenters. The number of nitrogens with zero attached hydrogens (tertiary/aromatic N) is 1. The summed E-state index contributed by atoms with van der Waals surface area (Å²) in [5.41, 5.74) is 9.42. The van der Waals surface area contributed by atoms with Crippen molar-refractivity contribution in [1.82, 2.24) is 4.98 Å². The minimum atomic E-state index is -0.384. The van der Waals surface area contributed by atoms with E-state index >= 15 is 0 Å². The molecule has 0 radical (unpaired) electrons. The summed E-state index contributed by atoms with van der Waals surface area (Å²) in [5, 5.41) is 3.22. The first-order valence-electron chi connectivity index (χ1n) is 6.82. The number of anilines is 2. The number of aryl methyl sites for hydroxylation is 1. The first kappa shape index (κ1) is 14.8. The van der Waals surface area contributed by atoms with Crippen LogP contribution in [0.4, 0.5) is 11.4 Å². The van der Waals surface area contributed by atoms with Gasteiger partial charge in [-0.3, -0.25) is 4.98 Å². The Bertz CT molecular complexity index is 641. The first-order valence-corrected chi connectivity index (χ1v) is 6.82. The van der Waals surface area contributed by atoms with E-state index in [4.69, 9.17) is 10.5 Å². The largest absolute Gasteiger partial charge is 0.462 e. The highest BCUT2D eigenvalue weighted by atomic mass is 16.5. The first-order chi connectivity index (χ1) is 10.1. The van der Waals surface area contributed by atoms with E-state index < -0.39 is 0 Å². The lowest BCUT2D eigenvalue weighted by molar-refractivity contribution is 0.0527. The molecule has 21 heavy (non-hydrogen) atoms. The van der Waals surface area contributed by atoms with Gasteiger partial charge in [0.2, 0.25) is 0 Å². The lowest BCUT2D eigenvalue weighted by Crippen LogP contribution is -2.11. The number of hydrogen-bond acceptors (Lipinski definition) is 5. The van der Waals surface area contributed by atoms with Crippen molar-refractivity contribution in [2.45, 2.75) is 20.4 Å². The Balaban J connectivity index is 2.20. The van der Waals surface area contributed by atoms with Gasteiger partial charge in [0, 0.05) is 17.6 Å². The maximum absolute atomic E-state index is 12.0. The van der Waals surface area contributed by atoms with Crippen LogP contribution in [0.2, 0.25) is 0 Å². The van der Waals surface area contributed by atoms with Gasteiger partial charge in [0.1, 0.15) is 0 Å². The summed E-state index contributed by atoms with van der Waals surface area (Å²) in [6.07, 6.45) is 1.75. The van der Waals surface area contributed by atoms with Crippen LogP contribution < -0.4 is 11.1 Å². The Kier molecular flexibility index (Phi) is 4.77. The molecule has 2 rings (SSSR count). The van der Waals surface area contributed by atoms with Crippen molar-refractivity contribution in [2.75, 3.05) is 17.7 Å². The van der Waals surface area contributed by atoms with Gasteiger partial charge in [0.05, 0.1) is 24.4 Å². The Labute approximate surface area is 124 Å². The molecule has 0 bridgehead atoms. The molecule has 0 aliphatic rings. The van der Waals surface area contributed by atoms with Crippen molar-refractivity contribution in [3.05, 3.63) is 53.3 Å². The van der Waals surface area contributed by atoms with Crippen LogP contribution >= 0.6 is 0 Å². The van der Waals surface area contributed by atoms with Gasteiger partial charge in [-0.25, -0.2) is 4.79 Å². The summed E-state index contributed by atoms with van der Waals surface area (Å²) in [5.74, 6) is -0.384. The fourth-order valence-corrected chi connectivity index (χ4v) is 1.98. The number of benzene rings is 1. The standard InChI is InChI=1S/C16H19N3O2/c1-3-21-16(20)13-9-12(17)6-7-14(13)19-10-15-11(2)5-4-8-18-15/h4-9,19H,3,10,17H2,1-2H3. The van der Waals surface area contributed by atoms with Crippen LogP contribution in [0.5, 0.6) is 0 Å². The number of nitrogens with one attached hydrogen (secondary N) is 1. The number of nitrogen functional groups attached to an aromatic ring is 1. The van der Waals surface area contributed by atoms with E-state index in [2.05, 4.69) is 10.3 Å². The molecular weight excluding hydrogens is 266 g/mol. The molecule has 0 spiro atoms. The third-order valence-corrected chi connectivity index (χ3v) is 3.10. The molecule has 0 fully saturated rings. The van der Waals surface area contributed by atoms with Crippen molar-refractivity contribution >= 4 is 17.3 Å². The van der Waals surface area contributed by atoms with Crippen LogP contribution in [0, 0.1) is 6.92 Å². The van der Waals surface area contributed by atoms with Crippen LogP contribution in [0.15, 0.2) is 36.5 Å². The van der Waals surface area contributed by atoms with E-state index in [-0.39, 0.29) is 5.97 Å². The molecule has 5 heteroatoms. The molecule has 1 heterocycles. The number of esters is 1. The van der Waals surface area contributed by atoms with E-state index in [0.29, 0.717) is 30.1 Å². The molecule has 5 nitrogen and oxygen atoms in total. The maximum atomic E-state index is 12.0. The molecule has 0 saturated heterocycles. The summed E-state index contributed by atoms with van der Waals surface area (Å²) in [7, 11) is 0. The summed E-state index contributed by atoms with van der Waals surface area (Å²) in [6.45, 7) is 4.63. The summed E-state index contributed by atoms with van der Waals surface area (Å²) in [4.78, 5) is 16.3. The molecule has 0 saturated carbocycles. The van der Waals surface area contributed by atoms with Crippen LogP contribution in [0.3, 0.4) is 0 Å². The fraction of sp³-hybridized carbons (Fsp3) is 0.250. The zero-order chi connectivity index (χ0) is 15.2. The monoisotopic (exact) mass is 285 g/mol. The van der Waals surface area contributed by atoms with E-state index in [1.807, 2.05) is 19.1 Å². The van der Waals surface area contributed by atoms with Crippen LogP contribution in [-0.2, 0) is 11.3 Å². The van der Waals surface area contributed by atoms with E-state index in [9.17, 15) is 4.79 Å². The Hall–Kier alpha value is -2.56. The normalized spacial score (nSPS) is 10.2. The highest BCUT2D eigenvalue weighted by Gasteiger charge is 2.13. The number of ether oxygens (including phenoxy) is 1. The van der Waals surface area contributed by atoms with E-state index in [1.165, 1.54) is 0 Å². The number of nitrogens with two attached hydrogens (primary N) is 1. The van der Waals surface area contributed by atoms with Crippen molar-refractivity contribution < 1.29 is 9.53 Å². The zero-order valence-electron chi connectivity index (χ0n) is 12.2. The molecule has 1 aromatic carbocycles. The average molecular weight is 285 g/mol. The molecule has 0 aliphatic carbocycles. The van der Waals surface area contributed by atoms with Gasteiger partial charge < -0.3 is 15.8 Å². The predicted molar refractivity (Wildman–Crippen MR) is 83.1 cm³/mol. The van der Waals surface area contributed by atoms with Gasteiger partial charge >= 0.3 is 5.97 Å². The zero-order valence-corrected chi connectivity index (χ0v) is 12.2. The topological polar surface area (TPSA) is 77.2 Å². The molecule has 0 atom stereocenters. The van der Waals surface area contributed by atoms with Crippen molar-refractivity contribution in [2.24, 2.45) is 0 Å². The molecule has 1 aromatic heterocycles. The van der Waals surface area contributed by atoms with Crippen molar-refractivity contribution in [3.63, 3.8) is 0 Å². The van der Waals surface area contributed by atoms with Gasteiger partial charge in [-0.15, -0.1) is 0 Å². The third kappa shape index (κ3) is 3.72. The molecule has 2 aromatic rings. The van der Waals surface area contributed by atoms with Crippen LogP contribution in [0.1, 0.15) is 28.5 Å². The smallest absolute Gasteiger partial charge is 0.340 e. The minimum Gasteiger partial charge on any atom is -0.462 e. The van der Waals surface area contributed by atoms with Gasteiger partial charge in [-0.05, 0) is 43.7 Å². The van der Waals surface area contributed by atoms with Crippen molar-refractivity contribution in [1.29, 1.82) is 0 Å². The Morgan fingerprint density at radius 3 is 2.90 bits per heavy atom. The van der Waals surface area contributed by atoms with Gasteiger partial charge in [0.25, 0.3) is 0 Å². The van der Waals surface area contributed by atoms with E-state index in [1.54, 1.807) is 31.3 Å². The number of hydrogen-bond donors (Lipinski definition) is 2. The van der Waals surface area contributed by atoms with Gasteiger partial charge in [0.15, 0.2) is 0 Å². The Morgan fingerprint density at radius 1 is 1.38 bits per heavy atom. The summed E-state index contributed by atoms with van der Waals surface area (Å²) in [6, 6.07) is 9.03. The lowest BCUT2D eigenvalue weighted by atomic mass is 10.1. The summed E-state index contributed by atoms with van der Waals surface area (Å²) < 4.78 is 5.05. The van der Waals surface area contributed by atoms with Crippen molar-refractivity contribution in [3.8, 4) is 0 Å². The predicted octanol–water partition coefficient (Wildman–Crippen LogP) is 2.76. The Morgan fingerprint density at radius 2 is 2.19 bits per heavy atom. The number of aromatic nitrogens is 1. The van der Waals surface area contributed by atoms with Crippen LogP contribution in [-0.4, -0.2) is 17.6 Å². The van der Waals surface area contributed by atoms with E-state index in [0.717, 1.165) is 11.3 Å². The molecular formula is C16H19N3O2. The second-order valence-electron chi connectivity index (χ2n) is 4.65. The highest BCUT2D eigenvalue weighted by molar-refractivity contribution is 5.96. The second kappa shape index (κ2) is 6.74. The SMILES string of the molecule is CCOC(=O)c1cc(N)ccc1NCc1ncccc1C. The average Bonchev–Trinajstić information content (AvgIpc) is 2.47. The minimum absolute atomic E-state index is 0.326. The number of carbonyl (C=O) groups excluding carboxylic acids is 1. The highest BCUT2D eigenvalue weighted by Crippen LogP contribution is 2.21. The molecule has 0 aliphatic heterocycles. The summed E-state index contributed by atoms with van der Waals surface area (Å²) >= 11 is 0. The molecule has 3 N–H and O–H groups in total. The number of carbonyl (C=O) groups is 1. The van der Waals surface area contributed by atoms with Crippen LogP contribution in [0.25, 0.3) is 0 Å². The second-order valence-corrected chi connectivity index (χ2v) is 4.65. The lowest BCUT2D eigenvalue weighted by Gasteiger charge is -2.12. The third-order valence-electron chi connectivity index (χ3n) is 3.10. The molecule has 0 amide bonds. The fourth-order valence-electron chi connectivity index (χ4n) is 1.98. The molecule has 110 valence electrons. The quantitative estimate of drug-likeness (QED) is 0.652. The maximum Gasteiger partial charge on any atom is 0.340 e. The van der Waals surface area contributed by atoms with Gasteiger partial charge in [-0.1, -0.05) is 6.07 Å².